The largest absolute Gasteiger partial charge is 0.467 e. The van der Waals surface area contributed by atoms with Gasteiger partial charge in [-0.3, -0.25) is 4.79 Å². The Balaban J connectivity index is 4.09. The Kier molecular flexibility index (Phi) is 6.03. The molecule has 0 aliphatic rings. The Bertz CT molecular complexity index is 252. The third-order valence-electron chi connectivity index (χ3n) is 2.37. The van der Waals surface area contributed by atoms with Gasteiger partial charge in [0.1, 0.15) is 5.54 Å². The molecule has 0 aromatic rings. The van der Waals surface area contributed by atoms with E-state index in [1.54, 1.807) is 13.8 Å². The van der Waals surface area contributed by atoms with Gasteiger partial charge in [-0.1, -0.05) is 6.92 Å². The van der Waals surface area contributed by atoms with E-state index in [1.165, 1.54) is 7.11 Å². The van der Waals surface area contributed by atoms with Crippen molar-refractivity contribution in [3.8, 4) is 0 Å². The highest BCUT2D eigenvalue weighted by Crippen LogP contribution is 2.03. The summed E-state index contributed by atoms with van der Waals surface area (Å²) in [6.45, 7) is 7.46. The lowest BCUT2D eigenvalue weighted by Crippen LogP contribution is -2.53. The third kappa shape index (κ3) is 5.11. The van der Waals surface area contributed by atoms with Crippen LogP contribution in [0.2, 0.25) is 0 Å². The minimum atomic E-state index is -0.983. The first kappa shape index (κ1) is 14.9. The van der Waals surface area contributed by atoms with E-state index in [0.29, 0.717) is 0 Å². The molecule has 1 unspecified atom stereocenters. The van der Waals surface area contributed by atoms with Crippen molar-refractivity contribution in [2.75, 3.05) is 13.7 Å². The van der Waals surface area contributed by atoms with Gasteiger partial charge in [0, 0.05) is 6.04 Å². The van der Waals surface area contributed by atoms with Crippen LogP contribution in [0.25, 0.3) is 0 Å². The van der Waals surface area contributed by atoms with Gasteiger partial charge in [-0.2, -0.15) is 0 Å². The maximum atomic E-state index is 11.5. The van der Waals surface area contributed by atoms with Gasteiger partial charge >= 0.3 is 5.97 Å². The quantitative estimate of drug-likeness (QED) is 0.650. The van der Waals surface area contributed by atoms with Crippen molar-refractivity contribution < 1.29 is 14.3 Å². The molecule has 1 atom stereocenters. The molecule has 2 N–H and O–H groups in total. The van der Waals surface area contributed by atoms with Crippen LogP contribution in [0.1, 0.15) is 34.1 Å². The summed E-state index contributed by atoms with van der Waals surface area (Å²) in [5.41, 5.74) is -0.983. The zero-order valence-electron chi connectivity index (χ0n) is 10.7. The van der Waals surface area contributed by atoms with E-state index in [4.69, 9.17) is 0 Å². The average molecular weight is 230 g/mol. The van der Waals surface area contributed by atoms with E-state index in [1.807, 2.05) is 13.8 Å². The maximum absolute atomic E-state index is 11.5. The van der Waals surface area contributed by atoms with Crippen molar-refractivity contribution in [1.82, 2.24) is 10.6 Å². The van der Waals surface area contributed by atoms with Crippen LogP contribution in [0.3, 0.4) is 0 Å². The summed E-state index contributed by atoms with van der Waals surface area (Å²) in [4.78, 5) is 22.8. The number of carbonyl (C=O) groups is 2. The Hall–Kier alpha value is -1.10. The number of rotatable bonds is 6. The molecule has 0 rings (SSSR count). The van der Waals surface area contributed by atoms with E-state index in [9.17, 15) is 9.59 Å². The normalized spacial score (nSPS) is 13.1. The maximum Gasteiger partial charge on any atom is 0.330 e. The number of hydrogen-bond acceptors (Lipinski definition) is 4. The number of amides is 1. The standard InChI is InChI=1S/C11H22N2O3/c1-6-8(2)12-7-9(14)13-11(3,4)10(15)16-5/h8,12H,6-7H2,1-5H3,(H,13,14). The second-order valence-electron chi connectivity index (χ2n) is 4.35. The number of ether oxygens (including phenoxy) is 1. The van der Waals surface area contributed by atoms with Crippen LogP contribution in [-0.4, -0.2) is 37.1 Å². The molecule has 0 heterocycles. The molecule has 5 nitrogen and oxygen atoms in total. The zero-order chi connectivity index (χ0) is 12.8. The smallest absolute Gasteiger partial charge is 0.330 e. The van der Waals surface area contributed by atoms with E-state index in [0.717, 1.165) is 6.42 Å². The summed E-state index contributed by atoms with van der Waals surface area (Å²) in [5, 5.41) is 5.66. The van der Waals surface area contributed by atoms with Crippen molar-refractivity contribution in [2.45, 2.75) is 45.7 Å². The van der Waals surface area contributed by atoms with Gasteiger partial charge in [-0.25, -0.2) is 4.79 Å². The number of carbonyl (C=O) groups excluding carboxylic acids is 2. The van der Waals surface area contributed by atoms with E-state index >= 15 is 0 Å². The van der Waals surface area contributed by atoms with Gasteiger partial charge in [-0.05, 0) is 27.2 Å². The van der Waals surface area contributed by atoms with Gasteiger partial charge in [0.2, 0.25) is 5.91 Å². The van der Waals surface area contributed by atoms with Crippen molar-refractivity contribution in [3.05, 3.63) is 0 Å². The average Bonchev–Trinajstić information content (AvgIpc) is 2.23. The van der Waals surface area contributed by atoms with Gasteiger partial charge in [0.25, 0.3) is 0 Å². The van der Waals surface area contributed by atoms with Crippen LogP contribution >= 0.6 is 0 Å². The van der Waals surface area contributed by atoms with Crippen molar-refractivity contribution in [1.29, 1.82) is 0 Å². The van der Waals surface area contributed by atoms with Gasteiger partial charge in [-0.15, -0.1) is 0 Å². The summed E-state index contributed by atoms with van der Waals surface area (Å²) in [7, 11) is 1.30. The molecule has 0 aliphatic heterocycles. The Morgan fingerprint density at radius 3 is 2.38 bits per heavy atom. The fraction of sp³-hybridized carbons (Fsp3) is 0.818. The predicted octanol–water partition coefficient (Wildman–Crippen LogP) is 0.442. The molecule has 0 fully saturated rings. The highest BCUT2D eigenvalue weighted by molar-refractivity contribution is 5.88. The van der Waals surface area contributed by atoms with E-state index in [-0.39, 0.29) is 18.5 Å². The molecule has 16 heavy (non-hydrogen) atoms. The molecule has 0 aliphatic carbocycles. The highest BCUT2D eigenvalue weighted by atomic mass is 16.5. The van der Waals surface area contributed by atoms with E-state index in [2.05, 4.69) is 15.4 Å². The molecular weight excluding hydrogens is 208 g/mol. The molecule has 0 saturated carbocycles. The molecule has 94 valence electrons. The van der Waals surface area contributed by atoms with Crippen molar-refractivity contribution in [3.63, 3.8) is 0 Å². The minimum Gasteiger partial charge on any atom is -0.467 e. The monoisotopic (exact) mass is 230 g/mol. The Morgan fingerprint density at radius 2 is 1.94 bits per heavy atom. The van der Waals surface area contributed by atoms with Gasteiger partial charge in [0.15, 0.2) is 0 Å². The molecule has 0 bridgehead atoms. The topological polar surface area (TPSA) is 67.4 Å². The van der Waals surface area contributed by atoms with Crippen LogP contribution in [-0.2, 0) is 14.3 Å². The summed E-state index contributed by atoms with van der Waals surface area (Å²) >= 11 is 0. The SMILES string of the molecule is CCC(C)NCC(=O)NC(C)(C)C(=O)OC. The van der Waals surface area contributed by atoms with Crippen LogP contribution in [0.4, 0.5) is 0 Å². The number of methoxy groups -OCH3 is 1. The molecule has 0 radical (unpaired) electrons. The predicted molar refractivity (Wildman–Crippen MR) is 62.0 cm³/mol. The zero-order valence-corrected chi connectivity index (χ0v) is 10.7. The fourth-order valence-corrected chi connectivity index (χ4v) is 1.11. The number of nitrogens with one attached hydrogen (secondary N) is 2. The first-order valence-corrected chi connectivity index (χ1v) is 5.46. The van der Waals surface area contributed by atoms with Crippen LogP contribution in [0.5, 0.6) is 0 Å². The fourth-order valence-electron chi connectivity index (χ4n) is 1.11. The molecule has 0 saturated heterocycles. The number of hydrogen-bond donors (Lipinski definition) is 2. The third-order valence-corrected chi connectivity index (χ3v) is 2.37. The van der Waals surface area contributed by atoms with Crippen LogP contribution in [0.15, 0.2) is 0 Å². The first-order chi connectivity index (χ1) is 7.33. The lowest BCUT2D eigenvalue weighted by atomic mass is 10.1. The molecular formula is C11H22N2O3. The first-order valence-electron chi connectivity index (χ1n) is 5.46. The second-order valence-corrected chi connectivity index (χ2v) is 4.35. The lowest BCUT2D eigenvalue weighted by molar-refractivity contribution is -0.149. The Morgan fingerprint density at radius 1 is 1.38 bits per heavy atom. The summed E-state index contributed by atoms with van der Waals surface area (Å²) in [6, 6.07) is 0.284. The minimum absolute atomic E-state index is 0.204. The second kappa shape index (κ2) is 6.48. The number of esters is 1. The van der Waals surface area contributed by atoms with Crippen LogP contribution in [0, 0.1) is 0 Å². The molecule has 1 amide bonds. The molecule has 0 aromatic heterocycles. The molecule has 0 aromatic carbocycles. The lowest BCUT2D eigenvalue weighted by Gasteiger charge is -2.23. The Labute approximate surface area is 96.9 Å². The highest BCUT2D eigenvalue weighted by Gasteiger charge is 2.30. The summed E-state index contributed by atoms with van der Waals surface area (Å²) in [6.07, 6.45) is 0.952. The van der Waals surface area contributed by atoms with Gasteiger partial charge < -0.3 is 15.4 Å². The van der Waals surface area contributed by atoms with Gasteiger partial charge in [0.05, 0.1) is 13.7 Å². The van der Waals surface area contributed by atoms with Crippen LogP contribution < -0.4 is 10.6 Å². The molecule has 0 spiro atoms. The molecule has 5 heteroatoms. The van der Waals surface area contributed by atoms with Crippen molar-refractivity contribution >= 4 is 11.9 Å². The summed E-state index contributed by atoms with van der Waals surface area (Å²) in [5.74, 6) is -0.667. The van der Waals surface area contributed by atoms with E-state index < -0.39 is 11.5 Å². The van der Waals surface area contributed by atoms with Crippen molar-refractivity contribution in [2.24, 2.45) is 0 Å². The summed E-state index contributed by atoms with van der Waals surface area (Å²) < 4.78 is 4.59.